The maximum atomic E-state index is 13.1. The van der Waals surface area contributed by atoms with Crippen LogP contribution in [-0.2, 0) is 0 Å². The first kappa shape index (κ1) is 12.9. The Bertz CT molecular complexity index is 613. The van der Waals surface area contributed by atoms with Crippen LogP contribution < -0.4 is 10.1 Å². The lowest BCUT2D eigenvalue weighted by Gasteiger charge is -2.12. The Labute approximate surface area is 109 Å². The van der Waals surface area contributed by atoms with Gasteiger partial charge in [0.1, 0.15) is 11.6 Å². The van der Waals surface area contributed by atoms with Crippen LogP contribution in [0.3, 0.4) is 0 Å². The first-order valence-electron chi connectivity index (χ1n) is 5.54. The Morgan fingerprint density at radius 1 is 1.26 bits per heavy atom. The van der Waals surface area contributed by atoms with E-state index in [1.807, 2.05) is 0 Å². The molecule has 19 heavy (non-hydrogen) atoms. The lowest BCUT2D eigenvalue weighted by Crippen LogP contribution is -2.00. The molecule has 0 bridgehead atoms. The number of methoxy groups -OCH3 is 1. The zero-order chi connectivity index (χ0) is 13.8. The maximum Gasteiger partial charge on any atom is 0.335 e. The predicted octanol–water partition coefficient (Wildman–Crippen LogP) is 3.28. The summed E-state index contributed by atoms with van der Waals surface area (Å²) < 4.78 is 18.2. The molecule has 0 spiro atoms. The van der Waals surface area contributed by atoms with Gasteiger partial charge in [-0.2, -0.15) is 0 Å². The van der Waals surface area contributed by atoms with E-state index in [1.54, 1.807) is 18.2 Å². The monoisotopic (exact) mass is 261 g/mol. The van der Waals surface area contributed by atoms with Gasteiger partial charge in [-0.05, 0) is 36.4 Å². The molecule has 4 nitrogen and oxygen atoms in total. The standard InChI is InChI=1S/C14H12FNO3/c1-19-13-6-5-9(14(17)18)7-12(13)16-11-4-2-3-10(15)8-11/h2-8,16H,1H3,(H,17,18). The molecule has 0 aromatic heterocycles. The van der Waals surface area contributed by atoms with Gasteiger partial charge in [-0.25, -0.2) is 9.18 Å². The van der Waals surface area contributed by atoms with Crippen molar-refractivity contribution in [2.75, 3.05) is 12.4 Å². The Kier molecular flexibility index (Phi) is 3.66. The van der Waals surface area contributed by atoms with Crippen molar-refractivity contribution in [3.8, 4) is 5.75 Å². The zero-order valence-electron chi connectivity index (χ0n) is 10.2. The number of carboxylic acids is 1. The van der Waals surface area contributed by atoms with Crippen molar-refractivity contribution in [2.45, 2.75) is 0 Å². The molecule has 0 amide bonds. The quantitative estimate of drug-likeness (QED) is 0.886. The normalized spacial score (nSPS) is 10.0. The van der Waals surface area contributed by atoms with Crippen LogP contribution in [0, 0.1) is 5.82 Å². The lowest BCUT2D eigenvalue weighted by atomic mass is 10.1. The molecule has 0 heterocycles. The molecule has 0 fully saturated rings. The molecular formula is C14H12FNO3. The van der Waals surface area contributed by atoms with Gasteiger partial charge in [0.2, 0.25) is 0 Å². The van der Waals surface area contributed by atoms with E-state index in [4.69, 9.17) is 9.84 Å². The molecule has 0 aliphatic carbocycles. The van der Waals surface area contributed by atoms with Crippen molar-refractivity contribution in [2.24, 2.45) is 0 Å². The van der Waals surface area contributed by atoms with E-state index in [1.165, 1.54) is 31.4 Å². The molecule has 0 radical (unpaired) electrons. The van der Waals surface area contributed by atoms with Gasteiger partial charge in [-0.3, -0.25) is 0 Å². The number of aromatic carboxylic acids is 1. The average Bonchev–Trinajstić information content (AvgIpc) is 2.38. The molecular weight excluding hydrogens is 249 g/mol. The van der Waals surface area contributed by atoms with E-state index in [-0.39, 0.29) is 11.4 Å². The predicted molar refractivity (Wildman–Crippen MR) is 69.6 cm³/mol. The highest BCUT2D eigenvalue weighted by Crippen LogP contribution is 2.28. The second kappa shape index (κ2) is 5.39. The first-order chi connectivity index (χ1) is 9.10. The Hall–Kier alpha value is -2.56. The van der Waals surface area contributed by atoms with E-state index < -0.39 is 5.97 Å². The summed E-state index contributed by atoms with van der Waals surface area (Å²) in [7, 11) is 1.48. The van der Waals surface area contributed by atoms with Crippen LogP contribution >= 0.6 is 0 Å². The topological polar surface area (TPSA) is 58.6 Å². The van der Waals surface area contributed by atoms with Crippen LogP contribution in [0.4, 0.5) is 15.8 Å². The highest BCUT2D eigenvalue weighted by molar-refractivity contribution is 5.90. The van der Waals surface area contributed by atoms with E-state index >= 15 is 0 Å². The van der Waals surface area contributed by atoms with Gasteiger partial charge in [0, 0.05) is 5.69 Å². The van der Waals surface area contributed by atoms with Crippen molar-refractivity contribution >= 4 is 17.3 Å². The minimum atomic E-state index is -1.04. The fourth-order valence-electron chi connectivity index (χ4n) is 1.66. The second-order valence-electron chi connectivity index (χ2n) is 3.86. The summed E-state index contributed by atoms with van der Waals surface area (Å²) in [5.74, 6) is -0.933. The number of benzene rings is 2. The van der Waals surface area contributed by atoms with Crippen LogP contribution in [0.25, 0.3) is 0 Å². The number of rotatable bonds is 4. The molecule has 2 N–H and O–H groups in total. The van der Waals surface area contributed by atoms with Gasteiger partial charge in [0.25, 0.3) is 0 Å². The van der Waals surface area contributed by atoms with E-state index in [0.29, 0.717) is 17.1 Å². The minimum absolute atomic E-state index is 0.125. The summed E-state index contributed by atoms with van der Waals surface area (Å²) in [6, 6.07) is 10.3. The van der Waals surface area contributed by atoms with Crippen LogP contribution in [0.5, 0.6) is 5.75 Å². The molecule has 0 atom stereocenters. The van der Waals surface area contributed by atoms with Gasteiger partial charge in [-0.1, -0.05) is 6.07 Å². The average molecular weight is 261 g/mol. The molecule has 0 saturated heterocycles. The third-order valence-electron chi connectivity index (χ3n) is 2.55. The lowest BCUT2D eigenvalue weighted by molar-refractivity contribution is 0.0697. The molecule has 98 valence electrons. The molecule has 0 saturated carbocycles. The largest absolute Gasteiger partial charge is 0.495 e. The van der Waals surface area contributed by atoms with Gasteiger partial charge < -0.3 is 15.2 Å². The number of nitrogens with one attached hydrogen (secondary N) is 1. The van der Waals surface area contributed by atoms with Crippen LogP contribution in [0.15, 0.2) is 42.5 Å². The fourth-order valence-corrected chi connectivity index (χ4v) is 1.66. The minimum Gasteiger partial charge on any atom is -0.495 e. The van der Waals surface area contributed by atoms with Gasteiger partial charge in [-0.15, -0.1) is 0 Å². The fraction of sp³-hybridized carbons (Fsp3) is 0.0714. The summed E-state index contributed by atoms with van der Waals surface area (Å²) in [5, 5.41) is 11.9. The molecule has 0 aliphatic rings. The van der Waals surface area contributed by atoms with Gasteiger partial charge >= 0.3 is 5.97 Å². The number of halogens is 1. The van der Waals surface area contributed by atoms with Crippen LogP contribution in [-0.4, -0.2) is 18.2 Å². The molecule has 2 rings (SSSR count). The highest BCUT2D eigenvalue weighted by atomic mass is 19.1. The van der Waals surface area contributed by atoms with Crippen molar-refractivity contribution in [3.63, 3.8) is 0 Å². The number of anilines is 2. The third kappa shape index (κ3) is 3.01. The van der Waals surface area contributed by atoms with Gasteiger partial charge in [0.05, 0.1) is 18.4 Å². The van der Waals surface area contributed by atoms with E-state index in [0.717, 1.165) is 0 Å². The van der Waals surface area contributed by atoms with Crippen molar-refractivity contribution < 1.29 is 19.0 Å². The van der Waals surface area contributed by atoms with Crippen molar-refractivity contribution in [1.82, 2.24) is 0 Å². The Balaban J connectivity index is 2.37. The number of hydrogen-bond acceptors (Lipinski definition) is 3. The maximum absolute atomic E-state index is 13.1. The molecule has 2 aromatic carbocycles. The van der Waals surface area contributed by atoms with E-state index in [2.05, 4.69) is 5.32 Å². The molecule has 5 heteroatoms. The Morgan fingerprint density at radius 2 is 2.05 bits per heavy atom. The molecule has 0 aliphatic heterocycles. The number of carboxylic acid groups (broad SMARTS) is 1. The third-order valence-corrected chi connectivity index (χ3v) is 2.55. The number of carbonyl (C=O) groups is 1. The molecule has 2 aromatic rings. The molecule has 0 unspecified atom stereocenters. The second-order valence-corrected chi connectivity index (χ2v) is 3.86. The summed E-state index contributed by atoms with van der Waals surface area (Å²) in [6.07, 6.45) is 0. The van der Waals surface area contributed by atoms with Crippen LogP contribution in [0.2, 0.25) is 0 Å². The van der Waals surface area contributed by atoms with Crippen molar-refractivity contribution in [1.29, 1.82) is 0 Å². The summed E-state index contributed by atoms with van der Waals surface area (Å²) in [5.41, 5.74) is 1.11. The summed E-state index contributed by atoms with van der Waals surface area (Å²) >= 11 is 0. The van der Waals surface area contributed by atoms with E-state index in [9.17, 15) is 9.18 Å². The van der Waals surface area contributed by atoms with Gasteiger partial charge in [0.15, 0.2) is 0 Å². The SMILES string of the molecule is COc1ccc(C(=O)O)cc1Nc1cccc(F)c1. The van der Waals surface area contributed by atoms with Crippen molar-refractivity contribution in [3.05, 3.63) is 53.8 Å². The summed E-state index contributed by atoms with van der Waals surface area (Å²) in [4.78, 5) is 10.9. The summed E-state index contributed by atoms with van der Waals surface area (Å²) in [6.45, 7) is 0. The smallest absolute Gasteiger partial charge is 0.335 e. The zero-order valence-corrected chi connectivity index (χ0v) is 10.2. The number of hydrogen-bond donors (Lipinski definition) is 2. The highest BCUT2D eigenvalue weighted by Gasteiger charge is 2.09. The number of ether oxygens (including phenoxy) is 1. The first-order valence-corrected chi connectivity index (χ1v) is 5.54. The van der Waals surface area contributed by atoms with Crippen LogP contribution in [0.1, 0.15) is 10.4 Å². The Morgan fingerprint density at radius 3 is 2.68 bits per heavy atom.